The number of ether oxygens (including phenoxy) is 1. The average Bonchev–Trinajstić information content (AvgIpc) is 2.82. The summed E-state index contributed by atoms with van der Waals surface area (Å²) in [6, 6.07) is 10.3. The SMILES string of the molecule is COc1ccc(Br)c(C(Br)Cc2cccs2)c1. The van der Waals surface area contributed by atoms with Gasteiger partial charge in [0.1, 0.15) is 5.75 Å². The van der Waals surface area contributed by atoms with Crippen LogP contribution in [0, 0.1) is 0 Å². The van der Waals surface area contributed by atoms with E-state index in [0.717, 1.165) is 16.6 Å². The van der Waals surface area contributed by atoms with Crippen LogP contribution in [0.3, 0.4) is 0 Å². The summed E-state index contributed by atoms with van der Waals surface area (Å²) >= 11 is 9.11. The molecule has 0 bridgehead atoms. The summed E-state index contributed by atoms with van der Waals surface area (Å²) in [7, 11) is 1.69. The third-order valence-electron chi connectivity index (χ3n) is 2.50. The number of rotatable bonds is 4. The van der Waals surface area contributed by atoms with Gasteiger partial charge in [-0.1, -0.05) is 37.9 Å². The Morgan fingerprint density at radius 1 is 1.35 bits per heavy atom. The van der Waals surface area contributed by atoms with E-state index >= 15 is 0 Å². The zero-order valence-electron chi connectivity index (χ0n) is 9.32. The van der Waals surface area contributed by atoms with Crippen molar-refractivity contribution in [3.63, 3.8) is 0 Å². The summed E-state index contributed by atoms with van der Waals surface area (Å²) in [4.78, 5) is 1.67. The lowest BCUT2D eigenvalue weighted by Crippen LogP contribution is -1.96. The smallest absolute Gasteiger partial charge is 0.119 e. The predicted octanol–water partition coefficient (Wildman–Crippen LogP) is 5.20. The third-order valence-corrected chi connectivity index (χ3v) is 4.94. The van der Waals surface area contributed by atoms with Crippen LogP contribution in [0.5, 0.6) is 5.75 Å². The van der Waals surface area contributed by atoms with Gasteiger partial charge < -0.3 is 4.74 Å². The van der Waals surface area contributed by atoms with Crippen molar-refractivity contribution in [3.8, 4) is 5.75 Å². The summed E-state index contributed by atoms with van der Waals surface area (Å²) in [6.45, 7) is 0. The van der Waals surface area contributed by atoms with Gasteiger partial charge in [-0.25, -0.2) is 0 Å². The summed E-state index contributed by atoms with van der Waals surface area (Å²) in [6.07, 6.45) is 0.990. The number of hydrogen-bond acceptors (Lipinski definition) is 2. The van der Waals surface area contributed by atoms with Gasteiger partial charge in [-0.15, -0.1) is 11.3 Å². The van der Waals surface area contributed by atoms with Crippen molar-refractivity contribution in [2.75, 3.05) is 7.11 Å². The number of benzene rings is 1. The van der Waals surface area contributed by atoms with E-state index in [9.17, 15) is 0 Å². The Labute approximate surface area is 122 Å². The van der Waals surface area contributed by atoms with E-state index < -0.39 is 0 Å². The van der Waals surface area contributed by atoms with Crippen LogP contribution in [0.4, 0.5) is 0 Å². The first-order valence-corrected chi connectivity index (χ1v) is 7.79. The molecule has 0 radical (unpaired) electrons. The molecule has 0 saturated carbocycles. The van der Waals surface area contributed by atoms with E-state index in [0.29, 0.717) is 4.83 Å². The second kappa shape index (κ2) is 6.03. The van der Waals surface area contributed by atoms with Gasteiger partial charge in [0.2, 0.25) is 0 Å². The maximum absolute atomic E-state index is 5.26. The first-order chi connectivity index (χ1) is 8.20. The molecule has 90 valence electrons. The maximum atomic E-state index is 5.26. The lowest BCUT2D eigenvalue weighted by molar-refractivity contribution is 0.414. The molecule has 1 heterocycles. The van der Waals surface area contributed by atoms with Gasteiger partial charge in [0.15, 0.2) is 0 Å². The van der Waals surface area contributed by atoms with Gasteiger partial charge in [-0.2, -0.15) is 0 Å². The fraction of sp³-hybridized carbons (Fsp3) is 0.231. The van der Waals surface area contributed by atoms with E-state index in [2.05, 4.69) is 55.4 Å². The van der Waals surface area contributed by atoms with Crippen LogP contribution in [0.2, 0.25) is 0 Å². The molecule has 0 N–H and O–H groups in total. The van der Waals surface area contributed by atoms with Gasteiger partial charge in [-0.05, 0) is 41.6 Å². The number of thiophene rings is 1. The molecule has 1 unspecified atom stereocenters. The molecule has 2 rings (SSSR count). The van der Waals surface area contributed by atoms with Gasteiger partial charge in [-0.3, -0.25) is 0 Å². The van der Waals surface area contributed by atoms with Crippen molar-refractivity contribution >= 4 is 43.2 Å². The van der Waals surface area contributed by atoms with Crippen LogP contribution in [0.1, 0.15) is 15.3 Å². The van der Waals surface area contributed by atoms with Crippen LogP contribution >= 0.6 is 43.2 Å². The molecule has 2 aromatic rings. The molecular formula is C13H12Br2OS. The standard InChI is InChI=1S/C13H12Br2OS/c1-16-9-4-5-12(14)11(7-9)13(15)8-10-3-2-6-17-10/h2-7,13H,8H2,1H3. The van der Waals surface area contributed by atoms with E-state index in [-0.39, 0.29) is 0 Å². The first kappa shape index (κ1) is 13.1. The van der Waals surface area contributed by atoms with Crippen molar-refractivity contribution in [3.05, 3.63) is 50.6 Å². The van der Waals surface area contributed by atoms with Crippen LogP contribution < -0.4 is 4.74 Å². The van der Waals surface area contributed by atoms with Gasteiger partial charge in [0, 0.05) is 14.2 Å². The van der Waals surface area contributed by atoms with Crippen molar-refractivity contribution in [1.29, 1.82) is 0 Å². The molecule has 0 aliphatic heterocycles. The lowest BCUT2D eigenvalue weighted by atomic mass is 10.1. The number of hydrogen-bond donors (Lipinski definition) is 0. The molecule has 1 aromatic heterocycles. The Bertz CT molecular complexity index is 482. The van der Waals surface area contributed by atoms with E-state index in [1.807, 2.05) is 12.1 Å². The Kier molecular flexibility index (Phi) is 4.65. The van der Waals surface area contributed by atoms with Gasteiger partial charge in [0.05, 0.1) is 7.11 Å². The van der Waals surface area contributed by atoms with Crippen molar-refractivity contribution in [1.82, 2.24) is 0 Å². The van der Waals surface area contributed by atoms with Crippen molar-refractivity contribution < 1.29 is 4.74 Å². The van der Waals surface area contributed by atoms with Crippen LogP contribution in [-0.2, 0) is 6.42 Å². The van der Waals surface area contributed by atoms with Crippen molar-refractivity contribution in [2.24, 2.45) is 0 Å². The third kappa shape index (κ3) is 3.33. The topological polar surface area (TPSA) is 9.23 Å². The predicted molar refractivity (Wildman–Crippen MR) is 80.4 cm³/mol. The summed E-state index contributed by atoms with van der Waals surface area (Å²) in [5, 5.41) is 2.11. The van der Waals surface area contributed by atoms with E-state index in [1.165, 1.54) is 10.4 Å². The van der Waals surface area contributed by atoms with Gasteiger partial charge in [0.25, 0.3) is 0 Å². The average molecular weight is 376 g/mol. The molecule has 17 heavy (non-hydrogen) atoms. The molecule has 4 heteroatoms. The van der Waals surface area contributed by atoms with Crippen LogP contribution in [0.15, 0.2) is 40.2 Å². The molecule has 1 aromatic carbocycles. The maximum Gasteiger partial charge on any atom is 0.119 e. The highest BCUT2D eigenvalue weighted by atomic mass is 79.9. The van der Waals surface area contributed by atoms with E-state index in [4.69, 9.17) is 4.74 Å². The summed E-state index contributed by atoms with van der Waals surface area (Å²) in [5.41, 5.74) is 1.22. The van der Waals surface area contributed by atoms with Crippen LogP contribution in [-0.4, -0.2) is 7.11 Å². The molecule has 1 atom stereocenters. The second-order valence-electron chi connectivity index (χ2n) is 3.64. The Morgan fingerprint density at radius 2 is 2.18 bits per heavy atom. The monoisotopic (exact) mass is 374 g/mol. The largest absolute Gasteiger partial charge is 0.497 e. The normalized spacial score (nSPS) is 12.4. The summed E-state index contributed by atoms with van der Waals surface area (Å²) in [5.74, 6) is 0.888. The molecule has 0 saturated heterocycles. The molecular weight excluding hydrogens is 364 g/mol. The fourth-order valence-corrected chi connectivity index (χ4v) is 4.13. The van der Waals surface area contributed by atoms with Crippen LogP contribution in [0.25, 0.3) is 0 Å². The highest BCUT2D eigenvalue weighted by molar-refractivity contribution is 9.11. The molecule has 1 nitrogen and oxygen atoms in total. The zero-order chi connectivity index (χ0) is 12.3. The minimum atomic E-state index is 0.297. The second-order valence-corrected chi connectivity index (χ2v) is 6.63. The molecule has 0 aliphatic rings. The number of halogens is 2. The first-order valence-electron chi connectivity index (χ1n) is 5.20. The molecule has 0 fully saturated rings. The minimum absolute atomic E-state index is 0.297. The van der Waals surface area contributed by atoms with E-state index in [1.54, 1.807) is 18.4 Å². The highest BCUT2D eigenvalue weighted by Gasteiger charge is 2.13. The quantitative estimate of drug-likeness (QED) is 0.667. The molecule has 0 aliphatic carbocycles. The number of methoxy groups -OCH3 is 1. The Balaban J connectivity index is 2.20. The number of alkyl halides is 1. The van der Waals surface area contributed by atoms with Crippen molar-refractivity contribution in [2.45, 2.75) is 11.2 Å². The Morgan fingerprint density at radius 3 is 2.82 bits per heavy atom. The Hall–Kier alpha value is -0.320. The molecule has 0 spiro atoms. The summed E-state index contributed by atoms with van der Waals surface area (Å²) < 4.78 is 6.36. The fourth-order valence-electron chi connectivity index (χ4n) is 1.60. The highest BCUT2D eigenvalue weighted by Crippen LogP contribution is 2.35. The van der Waals surface area contributed by atoms with Gasteiger partial charge >= 0.3 is 0 Å². The lowest BCUT2D eigenvalue weighted by Gasteiger charge is -2.12. The minimum Gasteiger partial charge on any atom is -0.497 e. The molecule has 0 amide bonds. The zero-order valence-corrected chi connectivity index (χ0v) is 13.3.